The van der Waals surface area contributed by atoms with Crippen LogP contribution in [0.15, 0.2) is 41.1 Å². The van der Waals surface area contributed by atoms with Crippen molar-refractivity contribution in [1.29, 1.82) is 0 Å². The van der Waals surface area contributed by atoms with Crippen LogP contribution in [0.5, 0.6) is 0 Å². The molecule has 0 spiro atoms. The largest absolute Gasteiger partial charge is 0.312 e. The number of carbonyl (C=O) groups is 1. The molecule has 1 amide bonds. The fourth-order valence-corrected chi connectivity index (χ4v) is 4.30. The molecule has 0 bridgehead atoms. The van der Waals surface area contributed by atoms with Crippen molar-refractivity contribution in [3.8, 4) is 11.1 Å². The van der Waals surface area contributed by atoms with Crippen molar-refractivity contribution < 1.29 is 13.2 Å². The zero-order valence-electron chi connectivity index (χ0n) is 11.8. The highest BCUT2D eigenvalue weighted by atomic mass is 32.2. The minimum absolute atomic E-state index is 0.0591. The number of nitrogens with two attached hydrogens (primary N) is 1. The van der Waals surface area contributed by atoms with Crippen molar-refractivity contribution in [2.75, 3.05) is 17.2 Å². The van der Waals surface area contributed by atoms with Gasteiger partial charge in [0.1, 0.15) is 0 Å². The van der Waals surface area contributed by atoms with Crippen LogP contribution in [0.2, 0.25) is 0 Å². The summed E-state index contributed by atoms with van der Waals surface area (Å²) in [5.41, 5.74) is 2.95. The smallest absolute Gasteiger partial charge is 0.227 e. The monoisotopic (exact) mass is 336 g/mol. The molecule has 5 nitrogen and oxygen atoms in total. The van der Waals surface area contributed by atoms with Gasteiger partial charge in [0.2, 0.25) is 15.9 Å². The average molecular weight is 336 g/mol. The molecule has 0 saturated carbocycles. The summed E-state index contributed by atoms with van der Waals surface area (Å²) >= 11 is 1.62. The van der Waals surface area contributed by atoms with Gasteiger partial charge in [0.05, 0.1) is 5.75 Å². The predicted octanol–water partition coefficient (Wildman–Crippen LogP) is 2.06. The molecule has 116 valence electrons. The fourth-order valence-electron chi connectivity index (χ4n) is 2.75. The number of anilines is 1. The molecule has 7 heteroatoms. The highest BCUT2D eigenvalue weighted by molar-refractivity contribution is 7.89. The van der Waals surface area contributed by atoms with Crippen LogP contribution in [0, 0.1) is 5.92 Å². The van der Waals surface area contributed by atoms with Crippen molar-refractivity contribution in [1.82, 2.24) is 0 Å². The van der Waals surface area contributed by atoms with Crippen molar-refractivity contribution in [2.45, 2.75) is 6.42 Å². The highest BCUT2D eigenvalue weighted by Crippen LogP contribution is 2.30. The van der Waals surface area contributed by atoms with Gasteiger partial charge in [0.15, 0.2) is 0 Å². The van der Waals surface area contributed by atoms with E-state index in [0.717, 1.165) is 16.8 Å². The van der Waals surface area contributed by atoms with E-state index in [2.05, 4.69) is 5.38 Å². The lowest BCUT2D eigenvalue weighted by Gasteiger charge is -2.17. The van der Waals surface area contributed by atoms with E-state index in [1.807, 2.05) is 35.7 Å². The number of sulfonamides is 1. The van der Waals surface area contributed by atoms with E-state index in [1.165, 1.54) is 0 Å². The Morgan fingerprint density at radius 3 is 2.77 bits per heavy atom. The third-order valence-corrected chi connectivity index (χ3v) is 5.30. The van der Waals surface area contributed by atoms with Gasteiger partial charge in [-0.15, -0.1) is 0 Å². The summed E-state index contributed by atoms with van der Waals surface area (Å²) < 4.78 is 22.4. The van der Waals surface area contributed by atoms with Crippen LogP contribution in [0.3, 0.4) is 0 Å². The number of hydrogen-bond donors (Lipinski definition) is 1. The van der Waals surface area contributed by atoms with Crippen LogP contribution in [0.4, 0.5) is 5.69 Å². The molecule has 2 N–H and O–H groups in total. The number of hydrogen-bond acceptors (Lipinski definition) is 4. The first-order valence-corrected chi connectivity index (χ1v) is 9.52. The third kappa shape index (κ3) is 3.37. The van der Waals surface area contributed by atoms with Crippen molar-refractivity contribution >= 4 is 33.0 Å². The second-order valence-electron chi connectivity index (χ2n) is 5.47. The van der Waals surface area contributed by atoms with E-state index in [0.29, 0.717) is 6.54 Å². The summed E-state index contributed by atoms with van der Waals surface area (Å²) in [5, 5.41) is 9.13. The Kier molecular flexibility index (Phi) is 4.03. The molecule has 1 saturated heterocycles. The Balaban J connectivity index is 1.83. The number of nitrogens with zero attached hydrogens (tertiary/aromatic N) is 1. The number of carbonyl (C=O) groups excluding carboxylic acids is 1. The lowest BCUT2D eigenvalue weighted by Crippen LogP contribution is -2.27. The minimum atomic E-state index is -3.56. The van der Waals surface area contributed by atoms with E-state index < -0.39 is 10.0 Å². The summed E-state index contributed by atoms with van der Waals surface area (Å²) in [5.74, 6) is -0.456. The summed E-state index contributed by atoms with van der Waals surface area (Å²) in [6.45, 7) is 0.391. The maximum absolute atomic E-state index is 12.2. The Bertz CT molecular complexity index is 785. The SMILES string of the molecule is NS(=O)(=O)CC1CC(=O)N(c2cccc(-c3ccsc3)c2)C1. The molecule has 1 aromatic heterocycles. The predicted molar refractivity (Wildman–Crippen MR) is 88.2 cm³/mol. The minimum Gasteiger partial charge on any atom is -0.312 e. The van der Waals surface area contributed by atoms with Crippen LogP contribution in [-0.4, -0.2) is 26.6 Å². The van der Waals surface area contributed by atoms with E-state index >= 15 is 0 Å². The Morgan fingerprint density at radius 1 is 1.27 bits per heavy atom. The average Bonchev–Trinajstić information content (AvgIpc) is 3.07. The molecule has 1 atom stereocenters. The molecular weight excluding hydrogens is 320 g/mol. The first kappa shape index (κ1) is 15.2. The second kappa shape index (κ2) is 5.83. The third-order valence-electron chi connectivity index (χ3n) is 3.69. The maximum Gasteiger partial charge on any atom is 0.227 e. The van der Waals surface area contributed by atoms with Gasteiger partial charge in [0.25, 0.3) is 0 Å². The summed E-state index contributed by atoms with van der Waals surface area (Å²) in [7, 11) is -3.56. The molecule has 1 fully saturated rings. The Morgan fingerprint density at radius 2 is 2.09 bits per heavy atom. The highest BCUT2D eigenvalue weighted by Gasteiger charge is 2.32. The van der Waals surface area contributed by atoms with Gasteiger partial charge in [-0.05, 0) is 40.1 Å². The molecular formula is C15H16N2O3S2. The summed E-state index contributed by atoms with van der Waals surface area (Å²) in [6.07, 6.45) is 0.221. The first-order valence-electron chi connectivity index (χ1n) is 6.86. The van der Waals surface area contributed by atoms with E-state index in [4.69, 9.17) is 5.14 Å². The summed E-state index contributed by atoms with van der Waals surface area (Å²) in [6, 6.07) is 9.75. The van der Waals surface area contributed by atoms with Crippen LogP contribution in [0.1, 0.15) is 6.42 Å². The zero-order valence-corrected chi connectivity index (χ0v) is 13.4. The number of amides is 1. The van der Waals surface area contributed by atoms with E-state index in [-0.39, 0.29) is 24.0 Å². The van der Waals surface area contributed by atoms with Gasteiger partial charge in [-0.3, -0.25) is 4.79 Å². The van der Waals surface area contributed by atoms with Crippen LogP contribution in [0.25, 0.3) is 11.1 Å². The quantitative estimate of drug-likeness (QED) is 0.928. The Labute approximate surface area is 133 Å². The number of primary sulfonamides is 1. The molecule has 0 aliphatic carbocycles. The fraction of sp³-hybridized carbons (Fsp3) is 0.267. The van der Waals surface area contributed by atoms with Crippen LogP contribution >= 0.6 is 11.3 Å². The van der Waals surface area contributed by atoms with Crippen LogP contribution < -0.4 is 10.0 Å². The molecule has 1 aromatic carbocycles. The number of benzene rings is 1. The molecule has 3 rings (SSSR count). The zero-order chi connectivity index (χ0) is 15.7. The van der Waals surface area contributed by atoms with Gasteiger partial charge in [-0.2, -0.15) is 11.3 Å². The van der Waals surface area contributed by atoms with Gasteiger partial charge in [0, 0.05) is 24.6 Å². The topological polar surface area (TPSA) is 80.5 Å². The van der Waals surface area contributed by atoms with Crippen molar-refractivity contribution in [3.05, 3.63) is 41.1 Å². The van der Waals surface area contributed by atoms with E-state index in [9.17, 15) is 13.2 Å². The van der Waals surface area contributed by atoms with Gasteiger partial charge in [-0.25, -0.2) is 13.6 Å². The molecule has 22 heavy (non-hydrogen) atoms. The number of thiophene rings is 1. The molecule has 2 heterocycles. The van der Waals surface area contributed by atoms with Gasteiger partial charge >= 0.3 is 0 Å². The molecule has 1 unspecified atom stereocenters. The van der Waals surface area contributed by atoms with Crippen molar-refractivity contribution in [3.63, 3.8) is 0 Å². The lowest BCUT2D eigenvalue weighted by molar-refractivity contribution is -0.117. The standard InChI is InChI=1S/C15H16N2O3S2/c16-22(19,20)10-11-6-15(18)17(8-11)14-3-1-2-12(7-14)13-4-5-21-9-13/h1-5,7,9,11H,6,8,10H2,(H2,16,19,20). The van der Waals surface area contributed by atoms with E-state index in [1.54, 1.807) is 16.2 Å². The first-order chi connectivity index (χ1) is 10.4. The molecule has 1 aliphatic rings. The lowest BCUT2D eigenvalue weighted by atomic mass is 10.1. The van der Waals surface area contributed by atoms with Crippen LogP contribution in [-0.2, 0) is 14.8 Å². The van der Waals surface area contributed by atoms with Gasteiger partial charge in [-0.1, -0.05) is 12.1 Å². The molecule has 0 radical (unpaired) electrons. The molecule has 2 aromatic rings. The molecule has 1 aliphatic heterocycles. The van der Waals surface area contributed by atoms with Crippen molar-refractivity contribution in [2.24, 2.45) is 11.1 Å². The summed E-state index contributed by atoms with van der Waals surface area (Å²) in [4.78, 5) is 13.8. The Hall–Kier alpha value is -1.70. The number of rotatable bonds is 4. The maximum atomic E-state index is 12.2. The second-order valence-corrected chi connectivity index (χ2v) is 7.91. The normalized spacial score (nSPS) is 18.9. The van der Waals surface area contributed by atoms with Gasteiger partial charge < -0.3 is 4.90 Å².